The molecule has 0 bridgehead atoms. The second-order valence-electron chi connectivity index (χ2n) is 6.17. The predicted octanol–water partition coefficient (Wildman–Crippen LogP) is 4.73. The summed E-state index contributed by atoms with van der Waals surface area (Å²) >= 11 is 9.45. The Morgan fingerprint density at radius 3 is 2.39 bits per heavy atom. The van der Waals surface area contributed by atoms with Crippen LogP contribution in [0.2, 0.25) is 5.02 Å². The fraction of sp³-hybridized carbons (Fsp3) is 0.250. The van der Waals surface area contributed by atoms with Crippen molar-refractivity contribution in [1.29, 1.82) is 5.41 Å². The number of carbonyl (C=O) groups excluding carboxylic acids is 2. The van der Waals surface area contributed by atoms with E-state index in [0.717, 1.165) is 11.5 Å². The van der Waals surface area contributed by atoms with Crippen molar-refractivity contribution < 1.29 is 14.0 Å². The van der Waals surface area contributed by atoms with E-state index in [9.17, 15) is 14.0 Å². The van der Waals surface area contributed by atoms with E-state index in [-0.39, 0.29) is 11.7 Å². The standard InChI is InChI=1S/C20H18ClFN2O2S2/c1-13(23)24(15(11-25)12-26)19-7-6-14(21)10-17(19)20(27-8-9-28-20)16-4-2-3-5-18(16)22/h2-7,10-12,15,23H,8-9H2,1H3. The molecule has 2 aromatic carbocycles. The lowest BCUT2D eigenvalue weighted by atomic mass is 9.99. The Morgan fingerprint density at radius 2 is 1.82 bits per heavy atom. The highest BCUT2D eigenvalue weighted by Crippen LogP contribution is 2.59. The van der Waals surface area contributed by atoms with Crippen molar-refractivity contribution in [2.45, 2.75) is 17.0 Å². The minimum atomic E-state index is -1.15. The Kier molecular flexibility index (Phi) is 6.47. The van der Waals surface area contributed by atoms with Crippen LogP contribution in [0, 0.1) is 11.2 Å². The van der Waals surface area contributed by atoms with Gasteiger partial charge < -0.3 is 14.5 Å². The summed E-state index contributed by atoms with van der Waals surface area (Å²) < 4.78 is 14.0. The third kappa shape index (κ3) is 3.71. The highest BCUT2D eigenvalue weighted by molar-refractivity contribution is 8.20. The number of hydrogen-bond donors (Lipinski definition) is 1. The summed E-state index contributed by atoms with van der Waals surface area (Å²) in [6.07, 6.45) is 0.988. The first kappa shape index (κ1) is 20.9. The second kappa shape index (κ2) is 8.68. The number of halogens is 2. The average molecular weight is 437 g/mol. The topological polar surface area (TPSA) is 61.2 Å². The summed E-state index contributed by atoms with van der Waals surface area (Å²) in [5, 5.41) is 8.60. The molecule has 1 aliphatic heterocycles. The minimum Gasteiger partial charge on any atom is -0.313 e. The van der Waals surface area contributed by atoms with Crippen LogP contribution in [0.3, 0.4) is 0 Å². The van der Waals surface area contributed by atoms with Crippen LogP contribution in [0.5, 0.6) is 0 Å². The second-order valence-corrected chi connectivity index (χ2v) is 9.49. The Bertz CT molecular complexity index is 911. The molecule has 1 heterocycles. The maximum Gasteiger partial charge on any atom is 0.150 e. The molecule has 1 saturated heterocycles. The maximum atomic E-state index is 14.8. The smallest absolute Gasteiger partial charge is 0.150 e. The van der Waals surface area contributed by atoms with Gasteiger partial charge in [-0.3, -0.25) is 5.41 Å². The van der Waals surface area contributed by atoms with E-state index in [4.69, 9.17) is 17.0 Å². The van der Waals surface area contributed by atoms with Crippen LogP contribution in [0.25, 0.3) is 0 Å². The van der Waals surface area contributed by atoms with Crippen molar-refractivity contribution in [1.82, 2.24) is 0 Å². The number of benzene rings is 2. The molecular weight excluding hydrogens is 419 g/mol. The molecule has 0 atom stereocenters. The molecule has 4 nitrogen and oxygen atoms in total. The van der Waals surface area contributed by atoms with Crippen LogP contribution < -0.4 is 4.90 Å². The van der Waals surface area contributed by atoms with Gasteiger partial charge in [-0.2, -0.15) is 0 Å². The van der Waals surface area contributed by atoms with Crippen LogP contribution in [0.4, 0.5) is 10.1 Å². The van der Waals surface area contributed by atoms with Gasteiger partial charge in [-0.15, -0.1) is 23.5 Å². The first-order chi connectivity index (χ1) is 13.4. The molecule has 146 valence electrons. The predicted molar refractivity (Wildman–Crippen MR) is 115 cm³/mol. The number of nitrogens with one attached hydrogen (secondary N) is 1. The average Bonchev–Trinajstić information content (AvgIpc) is 3.17. The van der Waals surface area contributed by atoms with Gasteiger partial charge in [0.2, 0.25) is 0 Å². The first-order valence-corrected chi connectivity index (χ1v) is 10.9. The summed E-state index contributed by atoms with van der Waals surface area (Å²) in [5.41, 5.74) is 1.66. The molecule has 1 N–H and O–H groups in total. The van der Waals surface area contributed by atoms with Gasteiger partial charge >= 0.3 is 0 Å². The molecule has 28 heavy (non-hydrogen) atoms. The van der Waals surface area contributed by atoms with Gasteiger partial charge in [-0.25, -0.2) is 4.39 Å². The number of amidine groups is 1. The van der Waals surface area contributed by atoms with Crippen molar-refractivity contribution in [3.05, 3.63) is 64.4 Å². The van der Waals surface area contributed by atoms with E-state index in [0.29, 0.717) is 34.4 Å². The number of thioether (sulfide) groups is 2. The first-order valence-electron chi connectivity index (χ1n) is 8.52. The monoisotopic (exact) mass is 436 g/mol. The maximum absolute atomic E-state index is 14.8. The van der Waals surface area contributed by atoms with Gasteiger partial charge in [0.25, 0.3) is 0 Å². The summed E-state index contributed by atoms with van der Waals surface area (Å²) in [4.78, 5) is 24.3. The zero-order valence-electron chi connectivity index (χ0n) is 15.0. The molecule has 0 saturated carbocycles. The number of anilines is 1. The Balaban J connectivity index is 2.29. The van der Waals surface area contributed by atoms with Crippen LogP contribution >= 0.6 is 35.1 Å². The van der Waals surface area contributed by atoms with Crippen LogP contribution in [0.1, 0.15) is 18.1 Å². The third-order valence-electron chi connectivity index (χ3n) is 4.43. The van der Waals surface area contributed by atoms with E-state index in [2.05, 4.69) is 0 Å². The number of aldehydes is 2. The lowest BCUT2D eigenvalue weighted by Crippen LogP contribution is -2.42. The number of carbonyl (C=O) groups is 2. The van der Waals surface area contributed by atoms with Crippen molar-refractivity contribution in [3.8, 4) is 0 Å². The fourth-order valence-electron chi connectivity index (χ4n) is 3.30. The van der Waals surface area contributed by atoms with E-state index in [1.165, 1.54) is 17.9 Å². The van der Waals surface area contributed by atoms with Crippen LogP contribution in [0.15, 0.2) is 42.5 Å². The number of rotatable bonds is 6. The lowest BCUT2D eigenvalue weighted by molar-refractivity contribution is -0.115. The summed E-state index contributed by atoms with van der Waals surface area (Å²) in [6.45, 7) is 1.50. The van der Waals surface area contributed by atoms with Crippen molar-refractivity contribution in [2.24, 2.45) is 0 Å². The molecule has 0 spiro atoms. The highest BCUT2D eigenvalue weighted by Gasteiger charge is 2.44. The van der Waals surface area contributed by atoms with Crippen molar-refractivity contribution in [3.63, 3.8) is 0 Å². The number of hydrogen-bond acceptors (Lipinski definition) is 5. The van der Waals surface area contributed by atoms with E-state index in [1.807, 2.05) is 0 Å². The van der Waals surface area contributed by atoms with Gasteiger partial charge in [0.15, 0.2) is 0 Å². The van der Waals surface area contributed by atoms with Gasteiger partial charge in [0, 0.05) is 33.3 Å². The molecule has 1 fully saturated rings. The highest BCUT2D eigenvalue weighted by atomic mass is 35.5. The zero-order chi connectivity index (χ0) is 20.3. The summed E-state index contributed by atoms with van der Waals surface area (Å²) in [5.74, 6) is 1.30. The van der Waals surface area contributed by atoms with Crippen molar-refractivity contribution >= 4 is 59.2 Å². The van der Waals surface area contributed by atoms with Gasteiger partial charge in [-0.1, -0.05) is 29.8 Å². The molecule has 0 amide bonds. The Hall–Kier alpha value is -1.83. The van der Waals surface area contributed by atoms with E-state index >= 15 is 0 Å². The SMILES string of the molecule is CC(=N)N(c1ccc(Cl)cc1C1(c2ccccc2F)SCCS1)C(C=O)C=O. The molecule has 0 unspecified atom stereocenters. The molecule has 1 aliphatic rings. The molecule has 0 aromatic heterocycles. The van der Waals surface area contributed by atoms with Crippen LogP contribution in [-0.4, -0.2) is 36.0 Å². The lowest BCUT2D eigenvalue weighted by Gasteiger charge is -2.35. The molecule has 0 radical (unpaired) electrons. The quantitative estimate of drug-likeness (QED) is 0.307. The zero-order valence-corrected chi connectivity index (χ0v) is 17.4. The van der Waals surface area contributed by atoms with Crippen molar-refractivity contribution in [2.75, 3.05) is 16.4 Å². The third-order valence-corrected chi connectivity index (χ3v) is 8.14. The van der Waals surface area contributed by atoms with Gasteiger partial charge in [0.05, 0.1) is 5.84 Å². The largest absolute Gasteiger partial charge is 0.313 e. The number of nitrogens with zero attached hydrogens (tertiary/aromatic N) is 1. The summed E-state index contributed by atoms with van der Waals surface area (Å²) in [7, 11) is 0. The van der Waals surface area contributed by atoms with Gasteiger partial charge in [0.1, 0.15) is 28.5 Å². The fourth-order valence-corrected chi connectivity index (χ4v) is 6.82. The molecule has 8 heteroatoms. The Morgan fingerprint density at radius 1 is 1.18 bits per heavy atom. The molecule has 3 rings (SSSR count). The summed E-state index contributed by atoms with van der Waals surface area (Å²) in [6, 6.07) is 10.5. The van der Waals surface area contributed by atoms with E-state index in [1.54, 1.807) is 59.9 Å². The Labute approximate surface area is 176 Å². The molecule has 2 aromatic rings. The molecule has 0 aliphatic carbocycles. The molecular formula is C20H18ClFN2O2S2. The van der Waals surface area contributed by atoms with Crippen LogP contribution in [-0.2, 0) is 13.7 Å². The minimum absolute atomic E-state index is 0.0319. The van der Waals surface area contributed by atoms with Gasteiger partial charge in [-0.05, 0) is 31.2 Å². The van der Waals surface area contributed by atoms with E-state index < -0.39 is 10.1 Å². The normalized spacial score (nSPS) is 15.4.